The highest BCUT2D eigenvalue weighted by atomic mass is 16.3. The summed E-state index contributed by atoms with van der Waals surface area (Å²) in [6, 6.07) is 2.12. The molecule has 2 unspecified atom stereocenters. The smallest absolute Gasteiger partial charge is 0.0446 e. The van der Waals surface area contributed by atoms with E-state index in [9.17, 15) is 0 Å². The average molecular weight is 198 g/mol. The Kier molecular flexibility index (Phi) is 3.10. The number of likely N-dealkylation sites (N-methyl/N-ethyl adjacent to an activating group) is 1. The first-order valence-corrected chi connectivity index (χ1v) is 5.79. The molecule has 0 spiro atoms. The van der Waals surface area contributed by atoms with Gasteiger partial charge >= 0.3 is 0 Å². The lowest BCUT2D eigenvalue weighted by Crippen LogP contribution is -2.56. The molecule has 0 aromatic rings. The summed E-state index contributed by atoms with van der Waals surface area (Å²) in [5.41, 5.74) is 0. The van der Waals surface area contributed by atoms with E-state index in [2.05, 4.69) is 23.8 Å². The fraction of sp³-hybridized carbons (Fsp3) is 1.00. The minimum atomic E-state index is 0.321. The lowest BCUT2D eigenvalue weighted by atomic mass is 10.1. The van der Waals surface area contributed by atoms with Crippen LogP contribution in [0.4, 0.5) is 0 Å². The van der Waals surface area contributed by atoms with E-state index in [0.29, 0.717) is 18.7 Å². The first-order valence-electron chi connectivity index (χ1n) is 5.79. The zero-order chi connectivity index (χ0) is 10.1. The Morgan fingerprint density at radius 1 is 1.29 bits per heavy atom. The molecule has 2 aliphatic rings. The van der Waals surface area contributed by atoms with Crippen LogP contribution in [0.5, 0.6) is 0 Å². The Balaban J connectivity index is 1.93. The second-order valence-corrected chi connectivity index (χ2v) is 4.88. The van der Waals surface area contributed by atoms with Crippen molar-refractivity contribution in [3.05, 3.63) is 0 Å². The molecular formula is C11H22N2O. The van der Waals surface area contributed by atoms with Gasteiger partial charge in [0, 0.05) is 37.8 Å². The van der Waals surface area contributed by atoms with Crippen LogP contribution in [0.3, 0.4) is 0 Å². The summed E-state index contributed by atoms with van der Waals surface area (Å²) in [6.07, 6.45) is 3.70. The van der Waals surface area contributed by atoms with Crippen molar-refractivity contribution in [1.82, 2.24) is 9.80 Å². The Bertz CT molecular complexity index is 194. The lowest BCUT2D eigenvalue weighted by molar-refractivity contribution is 0.0356. The van der Waals surface area contributed by atoms with Crippen molar-refractivity contribution >= 4 is 0 Å². The molecule has 0 aromatic heterocycles. The first-order chi connectivity index (χ1) is 6.72. The lowest BCUT2D eigenvalue weighted by Gasteiger charge is -2.44. The second-order valence-electron chi connectivity index (χ2n) is 4.88. The SMILES string of the molecule is CC1CN(C)C(CCO)CN1C1CC1. The Morgan fingerprint density at radius 2 is 2.00 bits per heavy atom. The summed E-state index contributed by atoms with van der Waals surface area (Å²) in [4.78, 5) is 5.04. The van der Waals surface area contributed by atoms with Gasteiger partial charge in [-0.15, -0.1) is 0 Å². The highest BCUT2D eigenvalue weighted by Gasteiger charge is 2.37. The van der Waals surface area contributed by atoms with Crippen molar-refractivity contribution in [3.8, 4) is 0 Å². The predicted molar refractivity (Wildman–Crippen MR) is 57.3 cm³/mol. The number of aliphatic hydroxyl groups is 1. The van der Waals surface area contributed by atoms with Gasteiger partial charge in [-0.25, -0.2) is 0 Å². The van der Waals surface area contributed by atoms with Gasteiger partial charge in [0.15, 0.2) is 0 Å². The Morgan fingerprint density at radius 3 is 2.57 bits per heavy atom. The third kappa shape index (κ3) is 2.10. The monoisotopic (exact) mass is 198 g/mol. The molecule has 3 nitrogen and oxygen atoms in total. The van der Waals surface area contributed by atoms with E-state index in [-0.39, 0.29) is 0 Å². The second kappa shape index (κ2) is 4.17. The van der Waals surface area contributed by atoms with Crippen molar-refractivity contribution in [2.24, 2.45) is 0 Å². The minimum absolute atomic E-state index is 0.321. The van der Waals surface area contributed by atoms with E-state index in [1.807, 2.05) is 0 Å². The number of piperazine rings is 1. The van der Waals surface area contributed by atoms with Gasteiger partial charge in [-0.2, -0.15) is 0 Å². The van der Waals surface area contributed by atoms with Gasteiger partial charge < -0.3 is 10.0 Å². The molecule has 0 bridgehead atoms. The molecule has 14 heavy (non-hydrogen) atoms. The van der Waals surface area contributed by atoms with Gasteiger partial charge in [-0.3, -0.25) is 4.90 Å². The van der Waals surface area contributed by atoms with Gasteiger partial charge in [0.25, 0.3) is 0 Å². The van der Waals surface area contributed by atoms with E-state index in [4.69, 9.17) is 5.11 Å². The molecule has 1 aliphatic carbocycles. The van der Waals surface area contributed by atoms with Gasteiger partial charge in [0.1, 0.15) is 0 Å². The van der Waals surface area contributed by atoms with E-state index in [0.717, 1.165) is 25.6 Å². The third-order valence-corrected chi connectivity index (χ3v) is 3.64. The van der Waals surface area contributed by atoms with Crippen LogP contribution in [-0.4, -0.2) is 59.8 Å². The summed E-state index contributed by atoms with van der Waals surface area (Å²) in [5.74, 6) is 0. The van der Waals surface area contributed by atoms with Crippen LogP contribution in [0, 0.1) is 0 Å². The number of hydrogen-bond acceptors (Lipinski definition) is 3. The fourth-order valence-electron chi connectivity index (χ4n) is 2.61. The maximum Gasteiger partial charge on any atom is 0.0446 e. The molecule has 3 heteroatoms. The van der Waals surface area contributed by atoms with Gasteiger partial charge in [0.05, 0.1) is 0 Å². The maximum atomic E-state index is 9.00. The Hall–Kier alpha value is -0.120. The summed E-state index contributed by atoms with van der Waals surface area (Å²) >= 11 is 0. The maximum absolute atomic E-state index is 9.00. The third-order valence-electron chi connectivity index (χ3n) is 3.64. The van der Waals surface area contributed by atoms with Crippen LogP contribution < -0.4 is 0 Å². The molecule has 1 aliphatic heterocycles. The van der Waals surface area contributed by atoms with E-state index < -0.39 is 0 Å². The van der Waals surface area contributed by atoms with Crippen LogP contribution >= 0.6 is 0 Å². The van der Waals surface area contributed by atoms with Gasteiger partial charge in [-0.1, -0.05) is 0 Å². The topological polar surface area (TPSA) is 26.7 Å². The Labute approximate surface area is 86.7 Å². The van der Waals surface area contributed by atoms with Crippen molar-refractivity contribution < 1.29 is 5.11 Å². The molecule has 0 aromatic carbocycles. The molecule has 2 fully saturated rings. The molecule has 1 heterocycles. The quantitative estimate of drug-likeness (QED) is 0.717. The standard InChI is InChI=1S/C11H22N2O/c1-9-7-12(2)11(5-6-14)8-13(9)10-3-4-10/h9-11,14H,3-8H2,1-2H3. The summed E-state index contributed by atoms with van der Waals surface area (Å²) in [6.45, 7) is 4.95. The molecule has 0 amide bonds. The number of aliphatic hydroxyl groups excluding tert-OH is 1. The van der Waals surface area contributed by atoms with Crippen LogP contribution in [-0.2, 0) is 0 Å². The highest BCUT2D eigenvalue weighted by Crippen LogP contribution is 2.31. The minimum Gasteiger partial charge on any atom is -0.396 e. The average Bonchev–Trinajstić information content (AvgIpc) is 2.93. The molecule has 0 radical (unpaired) electrons. The molecule has 2 atom stereocenters. The van der Waals surface area contributed by atoms with Crippen LogP contribution in [0.25, 0.3) is 0 Å². The predicted octanol–water partition coefficient (Wildman–Crippen LogP) is 0.536. The fourth-order valence-corrected chi connectivity index (χ4v) is 2.61. The van der Waals surface area contributed by atoms with Crippen LogP contribution in [0.2, 0.25) is 0 Å². The van der Waals surface area contributed by atoms with Crippen LogP contribution in [0.1, 0.15) is 26.2 Å². The first kappa shape index (κ1) is 10.4. The largest absolute Gasteiger partial charge is 0.396 e. The van der Waals surface area contributed by atoms with Gasteiger partial charge in [-0.05, 0) is 33.2 Å². The molecule has 82 valence electrons. The molecule has 1 saturated carbocycles. The number of rotatable bonds is 3. The van der Waals surface area contributed by atoms with E-state index in [1.54, 1.807) is 0 Å². The molecule has 2 rings (SSSR count). The van der Waals surface area contributed by atoms with Crippen LogP contribution in [0.15, 0.2) is 0 Å². The summed E-state index contributed by atoms with van der Waals surface area (Å²) in [7, 11) is 2.18. The van der Waals surface area contributed by atoms with Crippen molar-refractivity contribution in [2.45, 2.75) is 44.3 Å². The molecule has 1 saturated heterocycles. The van der Waals surface area contributed by atoms with E-state index in [1.165, 1.54) is 12.8 Å². The molecule has 1 N–H and O–H groups in total. The number of hydrogen-bond donors (Lipinski definition) is 1. The highest BCUT2D eigenvalue weighted by molar-refractivity contribution is 4.94. The normalized spacial score (nSPS) is 36.2. The van der Waals surface area contributed by atoms with Crippen molar-refractivity contribution in [2.75, 3.05) is 26.7 Å². The van der Waals surface area contributed by atoms with Gasteiger partial charge in [0.2, 0.25) is 0 Å². The molecular weight excluding hydrogens is 176 g/mol. The van der Waals surface area contributed by atoms with Crippen molar-refractivity contribution in [3.63, 3.8) is 0 Å². The zero-order valence-corrected chi connectivity index (χ0v) is 9.32. The van der Waals surface area contributed by atoms with E-state index >= 15 is 0 Å². The zero-order valence-electron chi connectivity index (χ0n) is 9.32. The summed E-state index contributed by atoms with van der Waals surface area (Å²) in [5, 5.41) is 9.00. The van der Waals surface area contributed by atoms with Crippen molar-refractivity contribution in [1.29, 1.82) is 0 Å². The summed E-state index contributed by atoms with van der Waals surface area (Å²) < 4.78 is 0. The number of nitrogens with zero attached hydrogens (tertiary/aromatic N) is 2.